The van der Waals surface area contributed by atoms with E-state index in [-0.39, 0.29) is 5.70 Å². The molecule has 0 saturated carbocycles. The number of hydrogen-bond donors (Lipinski definition) is 2. The fourth-order valence-corrected chi connectivity index (χ4v) is 2.53. The Morgan fingerprint density at radius 2 is 2.08 bits per heavy atom. The fourth-order valence-electron chi connectivity index (χ4n) is 2.10. The molecule has 1 aromatic rings. The molecule has 0 unspecified atom stereocenters. The van der Waals surface area contributed by atoms with Gasteiger partial charge in [-0.15, -0.1) is 0 Å². The number of carboxylic acids is 1. The standard InChI is InChI=1S/C15H15BrN2O6/c1-3-24-12-6-9(16)8(5-11(12)23-2)4-10-14(21)18(7-13(19)20)15(22)17-10/h4-6H,3,7H2,1-2H3,(H,17,22)(H,19,20)/b10-4+. The maximum atomic E-state index is 12.1. The smallest absolute Gasteiger partial charge is 0.329 e. The minimum absolute atomic E-state index is 0.0202. The maximum absolute atomic E-state index is 12.1. The van der Waals surface area contributed by atoms with Crippen LogP contribution in [0, 0.1) is 0 Å². The fraction of sp³-hybridized carbons (Fsp3) is 0.267. The molecule has 9 heteroatoms. The van der Waals surface area contributed by atoms with Crippen LogP contribution in [0.4, 0.5) is 4.79 Å². The third kappa shape index (κ3) is 3.67. The van der Waals surface area contributed by atoms with E-state index >= 15 is 0 Å². The summed E-state index contributed by atoms with van der Waals surface area (Å²) in [4.78, 5) is 35.2. The number of amides is 3. The first-order valence-corrected chi connectivity index (χ1v) is 7.73. The Morgan fingerprint density at radius 3 is 2.67 bits per heavy atom. The molecule has 0 radical (unpaired) electrons. The molecule has 1 aliphatic rings. The highest BCUT2D eigenvalue weighted by Gasteiger charge is 2.35. The average molecular weight is 399 g/mol. The predicted molar refractivity (Wildman–Crippen MR) is 87.7 cm³/mol. The van der Waals surface area contributed by atoms with Gasteiger partial charge >= 0.3 is 12.0 Å². The SMILES string of the molecule is CCOc1cc(Br)c(/C=C2/NC(=O)N(CC(=O)O)C2=O)cc1OC. The molecule has 1 fully saturated rings. The summed E-state index contributed by atoms with van der Waals surface area (Å²) in [7, 11) is 1.49. The average Bonchev–Trinajstić information content (AvgIpc) is 2.77. The quantitative estimate of drug-likeness (QED) is 0.559. The van der Waals surface area contributed by atoms with E-state index in [9.17, 15) is 14.4 Å². The van der Waals surface area contributed by atoms with Gasteiger partial charge in [-0.3, -0.25) is 9.59 Å². The molecular formula is C15H15BrN2O6. The Bertz CT molecular complexity index is 731. The first kappa shape index (κ1) is 17.8. The van der Waals surface area contributed by atoms with Crippen LogP contribution in [0.2, 0.25) is 0 Å². The van der Waals surface area contributed by atoms with Gasteiger partial charge in [-0.2, -0.15) is 0 Å². The zero-order valence-electron chi connectivity index (χ0n) is 13.0. The van der Waals surface area contributed by atoms with Crippen molar-refractivity contribution in [1.82, 2.24) is 10.2 Å². The Labute approximate surface area is 146 Å². The van der Waals surface area contributed by atoms with E-state index in [1.807, 2.05) is 6.92 Å². The van der Waals surface area contributed by atoms with Crippen molar-refractivity contribution in [1.29, 1.82) is 0 Å². The van der Waals surface area contributed by atoms with Crippen LogP contribution < -0.4 is 14.8 Å². The largest absolute Gasteiger partial charge is 0.493 e. The van der Waals surface area contributed by atoms with Crippen LogP contribution in [0.5, 0.6) is 11.5 Å². The van der Waals surface area contributed by atoms with Gasteiger partial charge in [-0.1, -0.05) is 15.9 Å². The van der Waals surface area contributed by atoms with E-state index in [1.165, 1.54) is 13.2 Å². The van der Waals surface area contributed by atoms with Crippen molar-refractivity contribution in [2.45, 2.75) is 6.92 Å². The van der Waals surface area contributed by atoms with Crippen molar-refractivity contribution < 1.29 is 29.0 Å². The molecule has 0 bridgehead atoms. The van der Waals surface area contributed by atoms with Gasteiger partial charge in [-0.05, 0) is 30.7 Å². The second kappa shape index (κ2) is 7.35. The van der Waals surface area contributed by atoms with E-state index in [2.05, 4.69) is 21.2 Å². The summed E-state index contributed by atoms with van der Waals surface area (Å²) in [6.45, 7) is 1.60. The summed E-state index contributed by atoms with van der Waals surface area (Å²) in [5.41, 5.74) is 0.546. The van der Waals surface area contributed by atoms with E-state index in [4.69, 9.17) is 14.6 Å². The van der Waals surface area contributed by atoms with E-state index in [1.54, 1.807) is 12.1 Å². The Morgan fingerprint density at radius 1 is 1.38 bits per heavy atom. The van der Waals surface area contributed by atoms with Gasteiger partial charge in [0.2, 0.25) is 0 Å². The summed E-state index contributed by atoms with van der Waals surface area (Å²) in [5, 5.41) is 11.1. The third-order valence-corrected chi connectivity index (χ3v) is 3.83. The molecule has 2 N–H and O–H groups in total. The molecule has 1 saturated heterocycles. The highest BCUT2D eigenvalue weighted by Crippen LogP contribution is 2.34. The molecule has 1 heterocycles. The molecule has 1 aromatic carbocycles. The molecule has 0 aromatic heterocycles. The maximum Gasteiger partial charge on any atom is 0.329 e. The zero-order valence-corrected chi connectivity index (χ0v) is 14.5. The Kier molecular flexibility index (Phi) is 5.45. The topological polar surface area (TPSA) is 105 Å². The predicted octanol–water partition coefficient (Wildman–Crippen LogP) is 1.83. The number of carbonyl (C=O) groups excluding carboxylic acids is 2. The van der Waals surface area contributed by atoms with Crippen LogP contribution in [-0.2, 0) is 9.59 Å². The summed E-state index contributed by atoms with van der Waals surface area (Å²) < 4.78 is 11.3. The number of rotatable bonds is 6. The van der Waals surface area contributed by atoms with Crippen molar-refractivity contribution in [3.05, 3.63) is 27.9 Å². The molecule has 3 amide bonds. The second-order valence-corrected chi connectivity index (χ2v) is 5.59. The van der Waals surface area contributed by atoms with E-state index < -0.39 is 24.5 Å². The van der Waals surface area contributed by atoms with Gasteiger partial charge in [-0.25, -0.2) is 9.69 Å². The number of carboxylic acid groups (broad SMARTS) is 1. The molecule has 8 nitrogen and oxygen atoms in total. The highest BCUT2D eigenvalue weighted by atomic mass is 79.9. The van der Waals surface area contributed by atoms with Crippen molar-refractivity contribution >= 4 is 39.9 Å². The van der Waals surface area contributed by atoms with Gasteiger partial charge in [0, 0.05) is 4.47 Å². The minimum Gasteiger partial charge on any atom is -0.493 e. The first-order valence-electron chi connectivity index (χ1n) is 6.94. The number of carbonyl (C=O) groups is 3. The summed E-state index contributed by atoms with van der Waals surface area (Å²) >= 11 is 3.37. The van der Waals surface area contributed by atoms with E-state index in [0.29, 0.717) is 33.0 Å². The molecule has 128 valence electrons. The van der Waals surface area contributed by atoms with Gasteiger partial charge < -0.3 is 19.9 Å². The number of benzene rings is 1. The van der Waals surface area contributed by atoms with Crippen LogP contribution in [-0.4, -0.2) is 48.2 Å². The lowest BCUT2D eigenvalue weighted by atomic mass is 10.1. The lowest BCUT2D eigenvalue weighted by molar-refractivity contribution is -0.140. The number of methoxy groups -OCH3 is 1. The first-order chi connectivity index (χ1) is 11.4. The van der Waals surface area contributed by atoms with Crippen LogP contribution in [0.1, 0.15) is 12.5 Å². The number of hydrogen-bond acceptors (Lipinski definition) is 5. The molecule has 0 aliphatic carbocycles. The second-order valence-electron chi connectivity index (χ2n) is 4.73. The Balaban J connectivity index is 2.36. The van der Waals surface area contributed by atoms with Crippen molar-refractivity contribution in [3.63, 3.8) is 0 Å². The number of ether oxygens (including phenoxy) is 2. The molecule has 0 atom stereocenters. The molecule has 1 aliphatic heterocycles. The van der Waals surface area contributed by atoms with Gasteiger partial charge in [0.25, 0.3) is 5.91 Å². The minimum atomic E-state index is -1.27. The summed E-state index contributed by atoms with van der Waals surface area (Å²) in [6.07, 6.45) is 1.43. The van der Waals surface area contributed by atoms with E-state index in [0.717, 1.165) is 0 Å². The molecule has 24 heavy (non-hydrogen) atoms. The van der Waals surface area contributed by atoms with Crippen molar-refractivity contribution in [2.75, 3.05) is 20.3 Å². The lowest BCUT2D eigenvalue weighted by Crippen LogP contribution is -2.35. The van der Waals surface area contributed by atoms with Gasteiger partial charge in [0.1, 0.15) is 12.2 Å². The number of urea groups is 1. The van der Waals surface area contributed by atoms with Crippen molar-refractivity contribution in [2.24, 2.45) is 0 Å². The van der Waals surface area contributed by atoms with Crippen LogP contribution >= 0.6 is 15.9 Å². The molecule has 0 spiro atoms. The lowest BCUT2D eigenvalue weighted by Gasteiger charge is -2.11. The summed E-state index contributed by atoms with van der Waals surface area (Å²) in [6, 6.07) is 2.55. The van der Waals surface area contributed by atoms with Gasteiger partial charge in [0.15, 0.2) is 11.5 Å². The number of nitrogens with one attached hydrogen (secondary N) is 1. The normalized spacial score (nSPS) is 15.6. The number of imide groups is 1. The summed E-state index contributed by atoms with van der Waals surface area (Å²) in [5.74, 6) is -0.986. The zero-order chi connectivity index (χ0) is 17.9. The monoisotopic (exact) mass is 398 g/mol. The van der Waals surface area contributed by atoms with Crippen LogP contribution in [0.3, 0.4) is 0 Å². The third-order valence-electron chi connectivity index (χ3n) is 3.14. The highest BCUT2D eigenvalue weighted by molar-refractivity contribution is 9.10. The van der Waals surface area contributed by atoms with Gasteiger partial charge in [0.05, 0.1) is 13.7 Å². The number of aliphatic carboxylic acids is 1. The van der Waals surface area contributed by atoms with Crippen LogP contribution in [0.25, 0.3) is 6.08 Å². The van der Waals surface area contributed by atoms with Crippen molar-refractivity contribution in [3.8, 4) is 11.5 Å². The number of halogens is 1. The molecule has 2 rings (SSSR count). The molecular weight excluding hydrogens is 384 g/mol. The number of nitrogens with zero attached hydrogens (tertiary/aromatic N) is 1. The van der Waals surface area contributed by atoms with Crippen LogP contribution in [0.15, 0.2) is 22.3 Å². The Hall–Kier alpha value is -2.55.